The van der Waals surface area contributed by atoms with Crippen molar-refractivity contribution in [3.05, 3.63) is 23.3 Å². The molecule has 1 atom stereocenters. The second-order valence-corrected chi connectivity index (χ2v) is 7.73. The lowest BCUT2D eigenvalue weighted by Crippen LogP contribution is -2.24. The monoisotopic (exact) mass is 355 g/mol. The molecule has 0 aliphatic rings. The summed E-state index contributed by atoms with van der Waals surface area (Å²) < 4.78 is 29.6. The maximum Gasteiger partial charge on any atom is 0.283 e. The molecule has 1 rings (SSSR count). The summed E-state index contributed by atoms with van der Waals surface area (Å²) in [5.41, 5.74) is 11.1. The van der Waals surface area contributed by atoms with E-state index in [1.807, 2.05) is 6.92 Å². The lowest BCUT2D eigenvalue weighted by atomic mass is 9.94. The van der Waals surface area contributed by atoms with Gasteiger partial charge in [0.25, 0.3) is 5.91 Å². The van der Waals surface area contributed by atoms with Crippen molar-refractivity contribution in [1.82, 2.24) is 0 Å². The number of sulfone groups is 1. The molecule has 24 heavy (non-hydrogen) atoms. The van der Waals surface area contributed by atoms with Gasteiger partial charge in [-0.1, -0.05) is 26.7 Å². The van der Waals surface area contributed by atoms with Crippen LogP contribution in [0, 0.1) is 0 Å². The summed E-state index contributed by atoms with van der Waals surface area (Å²) in [6.45, 7) is 4.03. The zero-order valence-electron chi connectivity index (χ0n) is 14.5. The Morgan fingerprint density at radius 1 is 1.33 bits per heavy atom. The van der Waals surface area contributed by atoms with E-state index in [0.717, 1.165) is 25.5 Å². The predicted molar refractivity (Wildman–Crippen MR) is 94.2 cm³/mol. The topological polar surface area (TPSA) is 125 Å². The van der Waals surface area contributed by atoms with Crippen LogP contribution in [0.2, 0.25) is 0 Å². The van der Waals surface area contributed by atoms with Gasteiger partial charge in [0.15, 0.2) is 15.8 Å². The SMILES string of the molecule is CCCCC(C)c1cc(OC)c(C(=O)N=C(N)N)cc1S(C)(=O)=O. The number of amides is 1. The molecule has 0 saturated heterocycles. The Morgan fingerprint density at radius 2 is 1.96 bits per heavy atom. The lowest BCUT2D eigenvalue weighted by molar-refractivity contribution is 0.0999. The minimum absolute atomic E-state index is 0.0100. The van der Waals surface area contributed by atoms with E-state index < -0.39 is 21.7 Å². The molecule has 1 unspecified atom stereocenters. The highest BCUT2D eigenvalue weighted by molar-refractivity contribution is 7.90. The van der Waals surface area contributed by atoms with E-state index in [9.17, 15) is 13.2 Å². The first-order valence-corrected chi connectivity index (χ1v) is 9.56. The smallest absolute Gasteiger partial charge is 0.283 e. The molecule has 1 amide bonds. The zero-order chi connectivity index (χ0) is 18.5. The summed E-state index contributed by atoms with van der Waals surface area (Å²) in [7, 11) is -2.13. The molecule has 7 nitrogen and oxygen atoms in total. The van der Waals surface area contributed by atoms with Gasteiger partial charge in [0.05, 0.1) is 17.6 Å². The second kappa shape index (κ2) is 8.14. The van der Waals surface area contributed by atoms with Gasteiger partial charge in [0.1, 0.15) is 5.75 Å². The fourth-order valence-corrected chi connectivity index (χ4v) is 3.48. The highest BCUT2D eigenvalue weighted by atomic mass is 32.2. The van der Waals surface area contributed by atoms with Crippen molar-refractivity contribution in [2.45, 2.75) is 43.9 Å². The molecule has 1 aromatic carbocycles. The van der Waals surface area contributed by atoms with Crippen LogP contribution in [0.3, 0.4) is 0 Å². The number of benzene rings is 1. The van der Waals surface area contributed by atoms with Crippen LogP contribution in [0.15, 0.2) is 22.0 Å². The molecule has 134 valence electrons. The normalized spacial score (nSPS) is 12.5. The molecule has 0 bridgehead atoms. The van der Waals surface area contributed by atoms with E-state index in [-0.39, 0.29) is 22.1 Å². The van der Waals surface area contributed by atoms with Crippen LogP contribution in [0.25, 0.3) is 0 Å². The third kappa shape index (κ3) is 4.95. The molecule has 0 aliphatic heterocycles. The van der Waals surface area contributed by atoms with Gasteiger partial charge in [0.2, 0.25) is 0 Å². The molecule has 0 radical (unpaired) electrons. The number of guanidine groups is 1. The molecule has 0 spiro atoms. The molecule has 0 heterocycles. The van der Waals surface area contributed by atoms with Crippen molar-refractivity contribution in [2.75, 3.05) is 13.4 Å². The molecule has 4 N–H and O–H groups in total. The minimum atomic E-state index is -3.53. The van der Waals surface area contributed by atoms with Crippen molar-refractivity contribution in [2.24, 2.45) is 16.5 Å². The minimum Gasteiger partial charge on any atom is -0.496 e. The van der Waals surface area contributed by atoms with Crippen LogP contribution in [-0.4, -0.2) is 33.7 Å². The number of aliphatic imine (C=N–C) groups is 1. The Kier molecular flexibility index (Phi) is 6.77. The molecule has 0 fully saturated rings. The van der Waals surface area contributed by atoms with Crippen molar-refractivity contribution >= 4 is 21.7 Å². The van der Waals surface area contributed by atoms with Crippen molar-refractivity contribution in [3.63, 3.8) is 0 Å². The van der Waals surface area contributed by atoms with Crippen molar-refractivity contribution in [3.8, 4) is 5.75 Å². The summed E-state index contributed by atoms with van der Waals surface area (Å²) in [6.07, 6.45) is 3.93. The summed E-state index contributed by atoms with van der Waals surface area (Å²) in [4.78, 5) is 15.7. The molecule has 0 aromatic heterocycles. The molecular formula is C16H25N3O4S. The Hall–Kier alpha value is -2.09. The first-order valence-electron chi connectivity index (χ1n) is 7.67. The predicted octanol–water partition coefficient (Wildman–Crippen LogP) is 1.81. The van der Waals surface area contributed by atoms with E-state index >= 15 is 0 Å². The zero-order valence-corrected chi connectivity index (χ0v) is 15.3. The van der Waals surface area contributed by atoms with Gasteiger partial charge in [-0.05, 0) is 30.0 Å². The van der Waals surface area contributed by atoms with Crippen LogP contribution in [0.4, 0.5) is 0 Å². The highest BCUT2D eigenvalue weighted by Crippen LogP contribution is 2.34. The number of carbonyl (C=O) groups is 1. The Morgan fingerprint density at radius 3 is 2.42 bits per heavy atom. The fraction of sp³-hybridized carbons (Fsp3) is 0.500. The van der Waals surface area contributed by atoms with E-state index in [2.05, 4.69) is 11.9 Å². The average molecular weight is 355 g/mol. The number of nitrogens with zero attached hydrogens (tertiary/aromatic N) is 1. The highest BCUT2D eigenvalue weighted by Gasteiger charge is 2.24. The Bertz CT molecular complexity index is 738. The molecule has 0 saturated carbocycles. The molecular weight excluding hydrogens is 330 g/mol. The van der Waals surface area contributed by atoms with E-state index in [0.29, 0.717) is 5.56 Å². The third-order valence-corrected chi connectivity index (χ3v) is 4.87. The fourth-order valence-electron chi connectivity index (χ4n) is 2.46. The third-order valence-electron chi connectivity index (χ3n) is 3.71. The Labute approximate surface area is 143 Å². The van der Waals surface area contributed by atoms with Crippen LogP contribution >= 0.6 is 0 Å². The van der Waals surface area contributed by atoms with Crippen molar-refractivity contribution < 1.29 is 17.9 Å². The number of rotatable bonds is 7. The van der Waals surface area contributed by atoms with E-state index in [4.69, 9.17) is 16.2 Å². The summed E-state index contributed by atoms with van der Waals surface area (Å²) in [5.74, 6) is -0.889. The second-order valence-electron chi connectivity index (χ2n) is 5.75. The lowest BCUT2D eigenvalue weighted by Gasteiger charge is -2.18. The molecule has 1 aromatic rings. The van der Waals surface area contributed by atoms with Gasteiger partial charge in [-0.3, -0.25) is 4.79 Å². The van der Waals surface area contributed by atoms with Crippen LogP contribution in [-0.2, 0) is 9.84 Å². The standard InChI is InChI=1S/C16H25N3O4S/c1-5-6-7-10(2)11-8-13(23-3)12(15(20)19-16(17)18)9-14(11)24(4,21)22/h8-10H,5-7H2,1-4H3,(H4,17,18,19,20). The van der Waals surface area contributed by atoms with Crippen LogP contribution < -0.4 is 16.2 Å². The van der Waals surface area contributed by atoms with E-state index in [1.165, 1.54) is 13.2 Å². The number of hydrogen-bond donors (Lipinski definition) is 2. The number of nitrogens with two attached hydrogens (primary N) is 2. The largest absolute Gasteiger partial charge is 0.496 e. The summed E-state index contributed by atoms with van der Waals surface area (Å²) in [6, 6.07) is 2.88. The first kappa shape index (κ1) is 20.0. The Balaban J connectivity index is 3.57. The number of ether oxygens (including phenoxy) is 1. The summed E-state index contributed by atoms with van der Waals surface area (Å²) in [5, 5.41) is 0. The molecule has 0 aliphatic carbocycles. The maximum absolute atomic E-state index is 12.2. The van der Waals surface area contributed by atoms with Gasteiger partial charge < -0.3 is 16.2 Å². The van der Waals surface area contributed by atoms with Crippen LogP contribution in [0.5, 0.6) is 5.75 Å². The molecule has 8 heteroatoms. The quantitative estimate of drug-likeness (QED) is 0.567. The van der Waals surface area contributed by atoms with Gasteiger partial charge in [-0.2, -0.15) is 4.99 Å². The number of methoxy groups -OCH3 is 1. The number of carbonyl (C=O) groups excluding carboxylic acids is 1. The van der Waals surface area contributed by atoms with Gasteiger partial charge in [-0.25, -0.2) is 8.42 Å². The van der Waals surface area contributed by atoms with Crippen molar-refractivity contribution in [1.29, 1.82) is 0 Å². The number of unbranched alkanes of at least 4 members (excludes halogenated alkanes) is 1. The van der Waals surface area contributed by atoms with Crippen LogP contribution in [0.1, 0.15) is 54.9 Å². The van der Waals surface area contributed by atoms with Gasteiger partial charge in [-0.15, -0.1) is 0 Å². The average Bonchev–Trinajstić information content (AvgIpc) is 2.49. The van der Waals surface area contributed by atoms with E-state index in [1.54, 1.807) is 6.07 Å². The van der Waals surface area contributed by atoms with Gasteiger partial charge >= 0.3 is 0 Å². The van der Waals surface area contributed by atoms with Gasteiger partial charge in [0, 0.05) is 6.26 Å². The first-order chi connectivity index (χ1) is 11.1. The number of hydrogen-bond acceptors (Lipinski definition) is 4. The summed E-state index contributed by atoms with van der Waals surface area (Å²) >= 11 is 0. The maximum atomic E-state index is 12.2.